The van der Waals surface area contributed by atoms with E-state index in [0.29, 0.717) is 44.4 Å². The Hall–Kier alpha value is -3.03. The molecule has 0 bridgehead atoms. The molecule has 0 saturated carbocycles. The summed E-state index contributed by atoms with van der Waals surface area (Å²) in [7, 11) is 0. The molecule has 1 aromatic carbocycles. The second kappa shape index (κ2) is 7.69. The Morgan fingerprint density at radius 1 is 1.16 bits per heavy atom. The van der Waals surface area contributed by atoms with Crippen molar-refractivity contribution < 1.29 is 18.8 Å². The second-order valence-corrected chi connectivity index (χ2v) is 5.55. The molecule has 0 aliphatic carbocycles. The highest BCUT2D eigenvalue weighted by atomic mass is 16.6. The van der Waals surface area contributed by atoms with Crippen LogP contribution in [0.4, 0.5) is 15.4 Å². The van der Waals surface area contributed by atoms with Gasteiger partial charge in [0.2, 0.25) is 0 Å². The van der Waals surface area contributed by atoms with Crippen LogP contribution in [0.1, 0.15) is 6.92 Å². The van der Waals surface area contributed by atoms with Gasteiger partial charge >= 0.3 is 12.1 Å². The van der Waals surface area contributed by atoms with E-state index in [2.05, 4.69) is 10.5 Å². The predicted molar refractivity (Wildman–Crippen MR) is 91.1 cm³/mol. The Bertz CT molecular complexity index is 723. The molecule has 25 heavy (non-hydrogen) atoms. The summed E-state index contributed by atoms with van der Waals surface area (Å²) in [5, 5.41) is 6.60. The standard InChI is InChI=1S/C17H20N4O4/c1-2-24-17(23)21-10-8-20(9-11-21)16(22)18-15-12-14(25-19-15)13-6-4-3-5-7-13/h3-7,12H,2,8-11H2,1H3,(H,18,19,22). The maximum atomic E-state index is 12.3. The fraction of sp³-hybridized carbons (Fsp3) is 0.353. The number of carbonyl (C=O) groups is 2. The molecule has 0 atom stereocenters. The number of piperazine rings is 1. The van der Waals surface area contributed by atoms with Crippen LogP contribution in [0.15, 0.2) is 40.9 Å². The van der Waals surface area contributed by atoms with E-state index >= 15 is 0 Å². The molecule has 1 aliphatic rings. The van der Waals surface area contributed by atoms with Crippen molar-refractivity contribution in [3.63, 3.8) is 0 Å². The third kappa shape index (κ3) is 4.09. The number of benzene rings is 1. The van der Waals surface area contributed by atoms with Gasteiger partial charge in [-0.25, -0.2) is 9.59 Å². The van der Waals surface area contributed by atoms with Gasteiger partial charge in [0.1, 0.15) is 0 Å². The molecule has 1 aromatic heterocycles. The molecule has 2 heterocycles. The molecule has 0 spiro atoms. The quantitative estimate of drug-likeness (QED) is 0.925. The number of hydrogen-bond donors (Lipinski definition) is 1. The summed E-state index contributed by atoms with van der Waals surface area (Å²) in [6.45, 7) is 3.88. The molecule has 1 fully saturated rings. The summed E-state index contributed by atoms with van der Waals surface area (Å²) in [6, 6.07) is 10.9. The SMILES string of the molecule is CCOC(=O)N1CCN(C(=O)Nc2cc(-c3ccccc3)on2)CC1. The third-order valence-corrected chi connectivity index (χ3v) is 3.90. The molecular weight excluding hydrogens is 324 g/mol. The zero-order valence-electron chi connectivity index (χ0n) is 14.0. The van der Waals surface area contributed by atoms with Crippen molar-refractivity contribution in [2.75, 3.05) is 38.1 Å². The number of ether oxygens (including phenoxy) is 1. The van der Waals surface area contributed by atoms with Gasteiger partial charge in [0.05, 0.1) is 6.61 Å². The largest absolute Gasteiger partial charge is 0.450 e. The Morgan fingerprint density at radius 2 is 1.84 bits per heavy atom. The minimum atomic E-state index is -0.341. The highest BCUT2D eigenvalue weighted by molar-refractivity contribution is 5.89. The Morgan fingerprint density at radius 3 is 2.52 bits per heavy atom. The minimum Gasteiger partial charge on any atom is -0.450 e. The van der Waals surface area contributed by atoms with Crippen molar-refractivity contribution in [2.45, 2.75) is 6.92 Å². The lowest BCUT2D eigenvalue weighted by Gasteiger charge is -2.33. The molecule has 3 amide bonds. The molecular formula is C17H20N4O4. The predicted octanol–water partition coefficient (Wildman–Crippen LogP) is 2.65. The first-order chi connectivity index (χ1) is 12.2. The molecule has 8 nitrogen and oxygen atoms in total. The molecule has 1 aliphatic heterocycles. The molecule has 0 unspecified atom stereocenters. The van der Waals surface area contributed by atoms with Crippen LogP contribution < -0.4 is 5.32 Å². The number of hydrogen-bond acceptors (Lipinski definition) is 5. The van der Waals surface area contributed by atoms with E-state index in [1.54, 1.807) is 22.8 Å². The van der Waals surface area contributed by atoms with Crippen molar-refractivity contribution in [3.05, 3.63) is 36.4 Å². The third-order valence-electron chi connectivity index (χ3n) is 3.90. The summed E-state index contributed by atoms with van der Waals surface area (Å²) in [6.07, 6.45) is -0.341. The van der Waals surface area contributed by atoms with Gasteiger partial charge in [0, 0.05) is 37.8 Å². The van der Waals surface area contributed by atoms with Gasteiger partial charge in [-0.3, -0.25) is 5.32 Å². The lowest BCUT2D eigenvalue weighted by Crippen LogP contribution is -2.51. The van der Waals surface area contributed by atoms with Gasteiger partial charge in [-0.15, -0.1) is 0 Å². The summed E-state index contributed by atoms with van der Waals surface area (Å²) in [5.41, 5.74) is 0.888. The molecule has 3 rings (SSSR count). The Balaban J connectivity index is 1.54. The van der Waals surface area contributed by atoms with Crippen LogP contribution in [0.25, 0.3) is 11.3 Å². The summed E-state index contributed by atoms with van der Waals surface area (Å²) in [4.78, 5) is 27.2. The number of anilines is 1. The van der Waals surface area contributed by atoms with Crippen molar-refractivity contribution in [2.24, 2.45) is 0 Å². The second-order valence-electron chi connectivity index (χ2n) is 5.55. The summed E-state index contributed by atoms with van der Waals surface area (Å²) < 4.78 is 10.2. The summed E-state index contributed by atoms with van der Waals surface area (Å²) in [5.74, 6) is 0.944. The van der Waals surface area contributed by atoms with Crippen LogP contribution in [0, 0.1) is 0 Å². The maximum absolute atomic E-state index is 12.3. The van der Waals surface area contributed by atoms with Crippen LogP contribution in [-0.4, -0.2) is 59.9 Å². The van der Waals surface area contributed by atoms with Gasteiger partial charge in [-0.05, 0) is 6.92 Å². The van der Waals surface area contributed by atoms with Crippen molar-refractivity contribution in [1.29, 1.82) is 0 Å². The lowest BCUT2D eigenvalue weighted by molar-refractivity contribution is 0.0868. The molecule has 132 valence electrons. The van der Waals surface area contributed by atoms with Gasteiger partial charge in [0.25, 0.3) is 0 Å². The highest BCUT2D eigenvalue weighted by Gasteiger charge is 2.25. The molecule has 1 saturated heterocycles. The van der Waals surface area contributed by atoms with E-state index in [1.165, 1.54) is 0 Å². The van der Waals surface area contributed by atoms with Crippen molar-refractivity contribution >= 4 is 17.9 Å². The Labute approximate surface area is 145 Å². The number of urea groups is 1. The average molecular weight is 344 g/mol. The number of nitrogens with one attached hydrogen (secondary N) is 1. The normalized spacial score (nSPS) is 14.3. The van der Waals surface area contributed by atoms with Crippen LogP contribution in [0.2, 0.25) is 0 Å². The molecule has 1 N–H and O–H groups in total. The molecule has 2 aromatic rings. The number of nitrogens with zero attached hydrogens (tertiary/aromatic N) is 3. The number of amides is 3. The smallest absolute Gasteiger partial charge is 0.409 e. The van der Waals surface area contributed by atoms with E-state index in [9.17, 15) is 9.59 Å². The number of carbonyl (C=O) groups excluding carboxylic acids is 2. The van der Waals surface area contributed by atoms with E-state index in [1.807, 2.05) is 30.3 Å². The molecule has 0 radical (unpaired) electrons. The van der Waals surface area contributed by atoms with Crippen LogP contribution in [0.3, 0.4) is 0 Å². The highest BCUT2D eigenvalue weighted by Crippen LogP contribution is 2.22. The number of rotatable bonds is 3. The van der Waals surface area contributed by atoms with Gasteiger partial charge in [0.15, 0.2) is 11.6 Å². The maximum Gasteiger partial charge on any atom is 0.409 e. The average Bonchev–Trinajstić information content (AvgIpc) is 3.11. The van der Waals surface area contributed by atoms with E-state index < -0.39 is 0 Å². The molecule has 8 heteroatoms. The first-order valence-electron chi connectivity index (χ1n) is 8.17. The zero-order chi connectivity index (χ0) is 17.6. The van der Waals surface area contributed by atoms with E-state index in [0.717, 1.165) is 5.56 Å². The first-order valence-corrected chi connectivity index (χ1v) is 8.17. The zero-order valence-corrected chi connectivity index (χ0v) is 14.0. The fourth-order valence-electron chi connectivity index (χ4n) is 2.57. The van der Waals surface area contributed by atoms with Crippen molar-refractivity contribution in [3.8, 4) is 11.3 Å². The fourth-order valence-corrected chi connectivity index (χ4v) is 2.57. The van der Waals surface area contributed by atoms with E-state index in [4.69, 9.17) is 9.26 Å². The monoisotopic (exact) mass is 344 g/mol. The van der Waals surface area contributed by atoms with Crippen molar-refractivity contribution in [1.82, 2.24) is 15.0 Å². The first kappa shape index (κ1) is 16.8. The van der Waals surface area contributed by atoms with Gasteiger partial charge in [-0.1, -0.05) is 35.5 Å². The van der Waals surface area contributed by atoms with Gasteiger partial charge < -0.3 is 19.1 Å². The Kier molecular flexibility index (Phi) is 5.17. The minimum absolute atomic E-state index is 0.267. The van der Waals surface area contributed by atoms with Crippen LogP contribution >= 0.6 is 0 Å². The topological polar surface area (TPSA) is 87.9 Å². The number of aromatic nitrogens is 1. The summed E-state index contributed by atoms with van der Waals surface area (Å²) >= 11 is 0. The van der Waals surface area contributed by atoms with Crippen LogP contribution in [-0.2, 0) is 4.74 Å². The van der Waals surface area contributed by atoms with Crippen LogP contribution in [0.5, 0.6) is 0 Å². The van der Waals surface area contributed by atoms with E-state index in [-0.39, 0.29) is 12.1 Å². The lowest BCUT2D eigenvalue weighted by atomic mass is 10.2. The van der Waals surface area contributed by atoms with Gasteiger partial charge in [-0.2, -0.15) is 0 Å².